The molecule has 0 nitrogen and oxygen atoms in total. The van der Waals surface area contributed by atoms with Gasteiger partial charge in [0.15, 0.2) is 0 Å². The molecule has 0 spiro atoms. The fraction of sp³-hybridized carbons (Fsp3) is 0.125. The minimum Gasteiger partial charge on any atom is -0.0619 e. The van der Waals surface area contributed by atoms with Gasteiger partial charge in [-0.1, -0.05) is 161 Å². The van der Waals surface area contributed by atoms with Gasteiger partial charge in [-0.15, -0.1) is 0 Å². The first-order valence-electron chi connectivity index (χ1n) is 17.2. The molecule has 0 amide bonds. The third kappa shape index (κ3) is 3.50. The molecule has 0 fully saturated rings. The summed E-state index contributed by atoms with van der Waals surface area (Å²) < 4.78 is 0. The summed E-state index contributed by atoms with van der Waals surface area (Å²) in [6, 6.07) is 54.7. The summed E-state index contributed by atoms with van der Waals surface area (Å²) in [6.07, 6.45) is 0. The van der Waals surface area contributed by atoms with Crippen molar-refractivity contribution in [3.05, 3.63) is 168 Å². The molecule has 0 radical (unpaired) electrons. The van der Waals surface area contributed by atoms with Crippen molar-refractivity contribution in [2.45, 2.75) is 38.5 Å². The maximum atomic E-state index is 2.59. The highest BCUT2D eigenvalue weighted by Crippen LogP contribution is 2.62. The predicted octanol–water partition coefficient (Wildman–Crippen LogP) is 13.1. The van der Waals surface area contributed by atoms with Gasteiger partial charge in [-0.3, -0.25) is 0 Å². The molecule has 8 aromatic carbocycles. The number of hydrogen-bond acceptors (Lipinski definition) is 0. The SMILES string of the molecule is CC1(C)c2ccccc2-c2c1cc(-c1c3ccccc3c(-c3ccc4ccccc4c3)c3ccccc13)c1c2-c2ccccc2C1(C)C. The molecule has 0 bridgehead atoms. The standard InChI is InChI=1S/C48H36/c1-47(2)39-23-13-11-21-36(39)44-41(47)28-38(46-45(44)37-22-12-14-24-40(37)48(46,3)4)43-34-19-9-7-17-32(34)42(33-18-8-10-20-35(33)43)31-26-25-29-15-5-6-16-30(29)27-31/h5-28H,1-4H3. The van der Waals surface area contributed by atoms with Crippen LogP contribution in [-0.4, -0.2) is 0 Å². The lowest BCUT2D eigenvalue weighted by Gasteiger charge is -2.29. The van der Waals surface area contributed by atoms with E-state index in [1.165, 1.54) is 99.1 Å². The van der Waals surface area contributed by atoms with Crippen LogP contribution in [0.2, 0.25) is 0 Å². The van der Waals surface area contributed by atoms with Crippen LogP contribution in [-0.2, 0) is 10.8 Å². The van der Waals surface area contributed by atoms with Gasteiger partial charge >= 0.3 is 0 Å². The zero-order valence-corrected chi connectivity index (χ0v) is 27.9. The van der Waals surface area contributed by atoms with Crippen molar-refractivity contribution in [3.63, 3.8) is 0 Å². The van der Waals surface area contributed by atoms with Crippen LogP contribution < -0.4 is 0 Å². The first-order chi connectivity index (χ1) is 23.4. The number of fused-ring (bicyclic) bond motifs is 10. The van der Waals surface area contributed by atoms with Gasteiger partial charge in [-0.2, -0.15) is 0 Å². The van der Waals surface area contributed by atoms with E-state index in [0.717, 1.165) is 0 Å². The molecule has 0 saturated carbocycles. The lowest BCUT2D eigenvalue weighted by atomic mass is 9.74. The molecule has 8 aromatic rings. The second-order valence-corrected chi connectivity index (χ2v) is 14.8. The molecule has 0 N–H and O–H groups in total. The van der Waals surface area contributed by atoms with Gasteiger partial charge in [0.05, 0.1) is 0 Å². The van der Waals surface area contributed by atoms with Gasteiger partial charge in [-0.25, -0.2) is 0 Å². The van der Waals surface area contributed by atoms with Gasteiger partial charge in [0, 0.05) is 10.8 Å². The zero-order chi connectivity index (χ0) is 32.4. The summed E-state index contributed by atoms with van der Waals surface area (Å²) in [6.45, 7) is 9.71. The Labute approximate surface area is 282 Å². The van der Waals surface area contributed by atoms with Crippen molar-refractivity contribution in [2.75, 3.05) is 0 Å². The molecule has 0 heteroatoms. The predicted molar refractivity (Wildman–Crippen MR) is 205 cm³/mol. The Morgan fingerprint density at radius 1 is 0.333 bits per heavy atom. The van der Waals surface area contributed by atoms with E-state index in [2.05, 4.69) is 173 Å². The van der Waals surface area contributed by atoms with E-state index in [0.29, 0.717) is 0 Å². The molecule has 2 aliphatic carbocycles. The van der Waals surface area contributed by atoms with Crippen molar-refractivity contribution < 1.29 is 0 Å². The normalized spacial score (nSPS) is 15.0. The number of rotatable bonds is 2. The zero-order valence-electron chi connectivity index (χ0n) is 27.9. The minimum absolute atomic E-state index is 0.117. The van der Waals surface area contributed by atoms with Crippen LogP contribution in [0.3, 0.4) is 0 Å². The molecule has 0 atom stereocenters. The third-order valence-corrected chi connectivity index (χ3v) is 11.6. The van der Waals surface area contributed by atoms with Gasteiger partial charge in [0.25, 0.3) is 0 Å². The Balaban J connectivity index is 1.38. The van der Waals surface area contributed by atoms with Crippen molar-refractivity contribution in [1.29, 1.82) is 0 Å². The molecule has 0 aromatic heterocycles. The largest absolute Gasteiger partial charge is 0.0619 e. The molecular weight excluding hydrogens is 577 g/mol. The molecule has 228 valence electrons. The second-order valence-electron chi connectivity index (χ2n) is 14.8. The van der Waals surface area contributed by atoms with Crippen LogP contribution in [0.5, 0.6) is 0 Å². The Kier molecular flexibility index (Phi) is 5.50. The quantitative estimate of drug-likeness (QED) is 0.170. The Bertz CT molecular complexity index is 2610. The maximum absolute atomic E-state index is 2.59. The maximum Gasteiger partial charge on any atom is 0.0165 e. The summed E-state index contributed by atoms with van der Waals surface area (Å²) in [5.41, 5.74) is 16.3. The average molecular weight is 613 g/mol. The van der Waals surface area contributed by atoms with E-state index in [1.807, 2.05) is 0 Å². The molecule has 48 heavy (non-hydrogen) atoms. The van der Waals surface area contributed by atoms with Crippen molar-refractivity contribution in [2.24, 2.45) is 0 Å². The molecule has 0 aliphatic heterocycles. The van der Waals surface area contributed by atoms with Crippen LogP contribution in [0.4, 0.5) is 0 Å². The Hall–Kier alpha value is -5.46. The van der Waals surface area contributed by atoms with Crippen LogP contribution in [0.25, 0.3) is 76.8 Å². The summed E-state index contributed by atoms with van der Waals surface area (Å²) in [7, 11) is 0. The third-order valence-electron chi connectivity index (χ3n) is 11.6. The highest BCUT2D eigenvalue weighted by atomic mass is 14.5. The van der Waals surface area contributed by atoms with E-state index in [1.54, 1.807) is 0 Å². The fourth-order valence-electron chi connectivity index (χ4n) is 9.42. The molecule has 0 unspecified atom stereocenters. The van der Waals surface area contributed by atoms with Crippen LogP contribution in [0.15, 0.2) is 146 Å². The van der Waals surface area contributed by atoms with E-state index in [9.17, 15) is 0 Å². The monoisotopic (exact) mass is 612 g/mol. The van der Waals surface area contributed by atoms with E-state index < -0.39 is 0 Å². The summed E-state index contributed by atoms with van der Waals surface area (Å²) >= 11 is 0. The molecule has 10 rings (SSSR count). The second kappa shape index (κ2) is 9.55. The smallest absolute Gasteiger partial charge is 0.0165 e. The molecule has 2 aliphatic rings. The summed E-state index contributed by atoms with van der Waals surface area (Å²) in [5, 5.41) is 7.75. The number of hydrogen-bond donors (Lipinski definition) is 0. The van der Waals surface area contributed by atoms with E-state index >= 15 is 0 Å². The van der Waals surface area contributed by atoms with Crippen LogP contribution in [0.1, 0.15) is 49.9 Å². The van der Waals surface area contributed by atoms with Gasteiger partial charge in [0.1, 0.15) is 0 Å². The first kappa shape index (κ1) is 27.6. The lowest BCUT2D eigenvalue weighted by molar-refractivity contribution is 0.652. The first-order valence-corrected chi connectivity index (χ1v) is 17.2. The van der Waals surface area contributed by atoms with Gasteiger partial charge in [-0.05, 0) is 111 Å². The summed E-state index contributed by atoms with van der Waals surface area (Å²) in [5.74, 6) is 0. The minimum atomic E-state index is -0.169. The lowest BCUT2D eigenvalue weighted by Crippen LogP contribution is -2.18. The Morgan fingerprint density at radius 3 is 1.48 bits per heavy atom. The van der Waals surface area contributed by atoms with Crippen molar-refractivity contribution in [1.82, 2.24) is 0 Å². The number of benzene rings is 8. The van der Waals surface area contributed by atoms with Crippen LogP contribution in [0, 0.1) is 0 Å². The Morgan fingerprint density at radius 2 is 0.833 bits per heavy atom. The van der Waals surface area contributed by atoms with Crippen LogP contribution >= 0.6 is 0 Å². The topological polar surface area (TPSA) is 0 Å². The highest BCUT2D eigenvalue weighted by Gasteiger charge is 2.45. The molecule has 0 saturated heterocycles. The average Bonchev–Trinajstić information content (AvgIpc) is 3.50. The van der Waals surface area contributed by atoms with Gasteiger partial charge < -0.3 is 0 Å². The van der Waals surface area contributed by atoms with Crippen molar-refractivity contribution in [3.8, 4) is 44.5 Å². The fourth-order valence-corrected chi connectivity index (χ4v) is 9.42. The highest BCUT2D eigenvalue weighted by molar-refractivity contribution is 6.23. The summed E-state index contributed by atoms with van der Waals surface area (Å²) in [4.78, 5) is 0. The molecule has 0 heterocycles. The van der Waals surface area contributed by atoms with E-state index in [4.69, 9.17) is 0 Å². The van der Waals surface area contributed by atoms with E-state index in [-0.39, 0.29) is 10.8 Å². The van der Waals surface area contributed by atoms with Gasteiger partial charge in [0.2, 0.25) is 0 Å². The molecular formula is C48H36. The van der Waals surface area contributed by atoms with Crippen molar-refractivity contribution >= 4 is 32.3 Å².